The van der Waals surface area contributed by atoms with Crippen molar-refractivity contribution in [3.8, 4) is 27.9 Å². The maximum absolute atomic E-state index is 6.73. The molecule has 9 aromatic rings. The van der Waals surface area contributed by atoms with Crippen molar-refractivity contribution in [2.45, 2.75) is 0 Å². The Hall–Kier alpha value is -5.54. The first-order chi connectivity index (χ1) is 20.3. The minimum absolute atomic E-state index is 0.906. The Bertz CT molecular complexity index is 2400. The molecule has 0 atom stereocenters. The largest absolute Gasteiger partial charge is 0.456 e. The summed E-state index contributed by atoms with van der Waals surface area (Å²) in [7, 11) is 0. The molecule has 0 fully saturated rings. The molecule has 0 radical (unpaired) electrons. The summed E-state index contributed by atoms with van der Waals surface area (Å²) in [5.74, 6) is 0. The molecule has 0 saturated heterocycles. The first-order valence-electron chi connectivity index (χ1n) is 13.9. The number of hydrogen-bond acceptors (Lipinski definition) is 2. The van der Waals surface area contributed by atoms with E-state index in [9.17, 15) is 0 Å². The van der Waals surface area contributed by atoms with E-state index in [0.717, 1.165) is 77.3 Å². The lowest BCUT2D eigenvalue weighted by Gasteiger charge is -2.09. The molecule has 6 aromatic carbocycles. The quantitative estimate of drug-likeness (QED) is 0.230. The van der Waals surface area contributed by atoms with Crippen LogP contribution in [0.4, 0.5) is 0 Å². The molecule has 41 heavy (non-hydrogen) atoms. The van der Waals surface area contributed by atoms with Gasteiger partial charge in [0, 0.05) is 32.8 Å². The first kappa shape index (κ1) is 22.3. The van der Waals surface area contributed by atoms with Crippen molar-refractivity contribution in [1.82, 2.24) is 4.57 Å². The molecule has 9 rings (SSSR count). The van der Waals surface area contributed by atoms with Gasteiger partial charge < -0.3 is 13.4 Å². The van der Waals surface area contributed by atoms with E-state index in [1.165, 1.54) is 5.56 Å². The minimum atomic E-state index is 0.906. The van der Waals surface area contributed by atoms with Crippen molar-refractivity contribution in [3.05, 3.63) is 140 Å². The van der Waals surface area contributed by atoms with E-state index >= 15 is 0 Å². The van der Waals surface area contributed by atoms with Crippen LogP contribution >= 0.6 is 0 Å². The molecule has 0 saturated carbocycles. The van der Waals surface area contributed by atoms with Crippen molar-refractivity contribution in [1.29, 1.82) is 0 Å². The van der Waals surface area contributed by atoms with Gasteiger partial charge in [0.2, 0.25) is 0 Å². The molecule has 3 heteroatoms. The molecule has 0 aliphatic rings. The predicted octanol–water partition coefficient (Wildman–Crippen LogP) is 10.8. The zero-order valence-electron chi connectivity index (χ0n) is 22.0. The normalized spacial score (nSPS) is 11.9. The summed E-state index contributed by atoms with van der Waals surface area (Å²) in [6.45, 7) is 0. The standard InChI is InChI=1S/C38H23NO2/c1-2-10-26(11-3-1)39-32-17-6-4-12-29(32)38-36(39)31-16-8-15-28(37(31)41-38)25-22-20-24(21-23-25)27-14-9-19-34-35(27)30-13-5-7-18-33(30)40-34/h1-23H. The summed E-state index contributed by atoms with van der Waals surface area (Å²) in [5.41, 5.74) is 11.5. The summed E-state index contributed by atoms with van der Waals surface area (Å²) in [5, 5.41) is 4.51. The zero-order valence-corrected chi connectivity index (χ0v) is 22.0. The molecule has 3 nitrogen and oxygen atoms in total. The van der Waals surface area contributed by atoms with Crippen LogP contribution in [0.1, 0.15) is 0 Å². The second-order valence-electron chi connectivity index (χ2n) is 10.5. The van der Waals surface area contributed by atoms with Crippen LogP contribution in [-0.4, -0.2) is 4.57 Å². The number of benzene rings is 6. The Labute approximate surface area is 235 Å². The third kappa shape index (κ3) is 3.20. The molecule has 0 N–H and O–H groups in total. The molecule has 0 aliphatic carbocycles. The number of hydrogen-bond donors (Lipinski definition) is 0. The van der Waals surface area contributed by atoms with E-state index in [0.29, 0.717) is 0 Å². The van der Waals surface area contributed by atoms with Gasteiger partial charge in [-0.1, -0.05) is 97.1 Å². The first-order valence-corrected chi connectivity index (χ1v) is 13.9. The van der Waals surface area contributed by atoms with Crippen LogP contribution in [0.5, 0.6) is 0 Å². The van der Waals surface area contributed by atoms with Crippen molar-refractivity contribution in [2.75, 3.05) is 0 Å². The number of fused-ring (bicyclic) bond motifs is 8. The van der Waals surface area contributed by atoms with Crippen molar-refractivity contribution in [3.63, 3.8) is 0 Å². The summed E-state index contributed by atoms with van der Waals surface area (Å²) >= 11 is 0. The van der Waals surface area contributed by atoms with E-state index < -0.39 is 0 Å². The number of nitrogens with zero attached hydrogens (tertiary/aromatic N) is 1. The fourth-order valence-corrected chi connectivity index (χ4v) is 6.41. The van der Waals surface area contributed by atoms with E-state index in [4.69, 9.17) is 8.83 Å². The summed E-state index contributed by atoms with van der Waals surface area (Å²) in [6.07, 6.45) is 0. The molecule has 0 amide bonds. The number of aromatic nitrogens is 1. The van der Waals surface area contributed by atoms with Gasteiger partial charge in [0.25, 0.3) is 0 Å². The third-order valence-corrected chi connectivity index (χ3v) is 8.23. The van der Waals surface area contributed by atoms with E-state index in [2.05, 4.69) is 126 Å². The van der Waals surface area contributed by atoms with Gasteiger partial charge in [0.1, 0.15) is 22.3 Å². The Morgan fingerprint density at radius 2 is 1.05 bits per heavy atom. The molecule has 3 aromatic heterocycles. The number of furan rings is 2. The van der Waals surface area contributed by atoms with Gasteiger partial charge in [0.05, 0.1) is 5.52 Å². The van der Waals surface area contributed by atoms with Crippen LogP contribution < -0.4 is 0 Å². The predicted molar refractivity (Wildman–Crippen MR) is 169 cm³/mol. The molecule has 0 aliphatic heterocycles. The van der Waals surface area contributed by atoms with Crippen molar-refractivity contribution >= 4 is 54.9 Å². The Morgan fingerprint density at radius 1 is 0.415 bits per heavy atom. The highest BCUT2D eigenvalue weighted by Crippen LogP contribution is 2.42. The highest BCUT2D eigenvalue weighted by molar-refractivity contribution is 6.18. The van der Waals surface area contributed by atoms with Gasteiger partial charge in [-0.15, -0.1) is 0 Å². The average Bonchev–Trinajstić information content (AvgIpc) is 3.70. The topological polar surface area (TPSA) is 31.2 Å². The maximum atomic E-state index is 6.73. The van der Waals surface area contributed by atoms with Crippen LogP contribution in [0, 0.1) is 0 Å². The lowest BCUT2D eigenvalue weighted by atomic mass is 9.96. The van der Waals surface area contributed by atoms with Gasteiger partial charge in [0.15, 0.2) is 5.58 Å². The minimum Gasteiger partial charge on any atom is -0.456 e. The molecular formula is C38H23NO2. The van der Waals surface area contributed by atoms with Gasteiger partial charge in [-0.2, -0.15) is 0 Å². The lowest BCUT2D eigenvalue weighted by molar-refractivity contribution is 0.669. The lowest BCUT2D eigenvalue weighted by Crippen LogP contribution is -1.92. The molecule has 3 heterocycles. The fraction of sp³-hybridized carbons (Fsp3) is 0. The molecular weight excluding hydrogens is 502 g/mol. The number of rotatable bonds is 3. The molecule has 0 unspecified atom stereocenters. The summed E-state index contributed by atoms with van der Waals surface area (Å²) in [6, 6.07) is 48.8. The van der Waals surface area contributed by atoms with Gasteiger partial charge in [-0.25, -0.2) is 0 Å². The number of para-hydroxylation sites is 4. The third-order valence-electron chi connectivity index (χ3n) is 8.23. The van der Waals surface area contributed by atoms with Gasteiger partial charge >= 0.3 is 0 Å². The molecule has 0 spiro atoms. The highest BCUT2D eigenvalue weighted by Gasteiger charge is 2.21. The summed E-state index contributed by atoms with van der Waals surface area (Å²) in [4.78, 5) is 0. The van der Waals surface area contributed by atoms with Crippen molar-refractivity contribution < 1.29 is 8.83 Å². The Kier molecular flexibility index (Phi) is 4.61. The van der Waals surface area contributed by atoms with Crippen LogP contribution in [-0.2, 0) is 0 Å². The monoisotopic (exact) mass is 525 g/mol. The zero-order chi connectivity index (χ0) is 26.9. The molecule has 0 bridgehead atoms. The maximum Gasteiger partial charge on any atom is 0.161 e. The van der Waals surface area contributed by atoms with Crippen molar-refractivity contribution in [2.24, 2.45) is 0 Å². The van der Waals surface area contributed by atoms with Crippen LogP contribution in [0.3, 0.4) is 0 Å². The molecule has 192 valence electrons. The van der Waals surface area contributed by atoms with Gasteiger partial charge in [-0.05, 0) is 59.2 Å². The second-order valence-corrected chi connectivity index (χ2v) is 10.5. The SMILES string of the molecule is c1ccc(-n2c3ccccc3c3oc4c(-c5ccc(-c6cccc7oc8ccccc8c67)cc5)cccc4c32)cc1. The van der Waals surface area contributed by atoms with E-state index in [1.807, 2.05) is 18.2 Å². The Balaban J connectivity index is 1.23. The second kappa shape index (κ2) is 8.48. The highest BCUT2D eigenvalue weighted by atomic mass is 16.3. The van der Waals surface area contributed by atoms with Crippen LogP contribution in [0.25, 0.3) is 82.9 Å². The van der Waals surface area contributed by atoms with Gasteiger partial charge in [-0.3, -0.25) is 0 Å². The van der Waals surface area contributed by atoms with E-state index in [1.54, 1.807) is 0 Å². The fourth-order valence-electron chi connectivity index (χ4n) is 6.41. The Morgan fingerprint density at radius 3 is 1.90 bits per heavy atom. The summed E-state index contributed by atoms with van der Waals surface area (Å²) < 4.78 is 15.2. The average molecular weight is 526 g/mol. The van der Waals surface area contributed by atoms with E-state index in [-0.39, 0.29) is 0 Å². The van der Waals surface area contributed by atoms with Crippen LogP contribution in [0.15, 0.2) is 148 Å². The van der Waals surface area contributed by atoms with Crippen LogP contribution in [0.2, 0.25) is 0 Å². The smallest absolute Gasteiger partial charge is 0.161 e.